The quantitative estimate of drug-likeness (QED) is 0.220. The number of amides is 2. The zero-order valence-electron chi connectivity index (χ0n) is 20.8. The molecule has 1 atom stereocenters. The summed E-state index contributed by atoms with van der Waals surface area (Å²) < 4.78 is 6.91. The third kappa shape index (κ3) is 5.69. The summed E-state index contributed by atoms with van der Waals surface area (Å²) in [4.78, 5) is 60.2. The number of hydrogen-bond acceptors (Lipinski definition) is 9. The maximum absolute atomic E-state index is 13.7. The zero-order chi connectivity index (χ0) is 26.5. The molecule has 0 aliphatic carbocycles. The Morgan fingerprint density at radius 1 is 1.27 bits per heavy atom. The van der Waals surface area contributed by atoms with E-state index in [4.69, 9.17) is 21.9 Å². The second-order valence-electron chi connectivity index (χ2n) is 8.63. The van der Waals surface area contributed by atoms with Gasteiger partial charge in [-0.1, -0.05) is 49.8 Å². The van der Waals surface area contributed by atoms with Crippen molar-refractivity contribution < 1.29 is 19.1 Å². The number of carbonyl (C=O) groups excluding carboxylic acids is 3. The van der Waals surface area contributed by atoms with Gasteiger partial charge in [-0.2, -0.15) is 0 Å². The molecule has 2 aliphatic rings. The van der Waals surface area contributed by atoms with Crippen LogP contribution in [0.5, 0.6) is 0 Å². The van der Waals surface area contributed by atoms with Crippen molar-refractivity contribution in [1.29, 1.82) is 0 Å². The Balaban J connectivity index is 1.80. The van der Waals surface area contributed by atoms with E-state index < -0.39 is 17.6 Å². The normalized spacial score (nSPS) is 19.1. The average molecular weight is 544 g/mol. The van der Waals surface area contributed by atoms with Gasteiger partial charge in [0.25, 0.3) is 11.5 Å². The minimum Gasteiger partial charge on any atom is -0.466 e. The largest absolute Gasteiger partial charge is 0.466 e. The number of carbonyl (C=O) groups is 3. The standard InChI is InChI=1S/C25H29N5O5S2/c1-3-5-7-12-30-24(34)18(37-25(30)36)14-16-21(27-19-9-6-8-11-29(19)23(16)33)28-13-10-26-22(32)17(28)15-20(31)35-4-2/h6,8-9,11,14,17H,3-5,7,10,12-13,15H2,1-2H3,(H,26,32). The molecule has 4 heterocycles. The molecule has 0 bridgehead atoms. The third-order valence-electron chi connectivity index (χ3n) is 6.15. The van der Waals surface area contributed by atoms with Crippen molar-refractivity contribution in [2.45, 2.75) is 45.6 Å². The molecule has 37 heavy (non-hydrogen) atoms. The fraction of sp³-hybridized carbons (Fsp3) is 0.440. The number of hydrogen-bond donors (Lipinski definition) is 1. The number of unbranched alkanes of at least 4 members (excludes halogenated alkanes) is 2. The smallest absolute Gasteiger partial charge is 0.308 e. The Kier molecular flexibility index (Phi) is 8.59. The van der Waals surface area contributed by atoms with E-state index in [1.165, 1.54) is 10.5 Å². The predicted octanol–water partition coefficient (Wildman–Crippen LogP) is 2.34. The van der Waals surface area contributed by atoms with Crippen molar-refractivity contribution in [3.63, 3.8) is 0 Å². The topological polar surface area (TPSA) is 113 Å². The lowest BCUT2D eigenvalue weighted by atomic mass is 10.1. The highest BCUT2D eigenvalue weighted by Gasteiger charge is 2.36. The zero-order valence-corrected chi connectivity index (χ0v) is 22.4. The van der Waals surface area contributed by atoms with E-state index in [9.17, 15) is 19.2 Å². The first-order valence-electron chi connectivity index (χ1n) is 12.3. The van der Waals surface area contributed by atoms with Gasteiger partial charge in [0.15, 0.2) is 0 Å². The van der Waals surface area contributed by atoms with Crippen molar-refractivity contribution in [3.8, 4) is 0 Å². The molecule has 2 saturated heterocycles. The van der Waals surface area contributed by atoms with Gasteiger partial charge >= 0.3 is 5.97 Å². The molecule has 12 heteroatoms. The van der Waals surface area contributed by atoms with Crippen LogP contribution in [0.25, 0.3) is 11.7 Å². The van der Waals surface area contributed by atoms with Crippen LogP contribution in [0.15, 0.2) is 34.1 Å². The van der Waals surface area contributed by atoms with Crippen molar-refractivity contribution in [1.82, 2.24) is 19.6 Å². The number of fused-ring (bicyclic) bond motifs is 1. The fourth-order valence-corrected chi connectivity index (χ4v) is 5.62. The second-order valence-corrected chi connectivity index (χ2v) is 10.3. The van der Waals surface area contributed by atoms with Gasteiger partial charge in [0.2, 0.25) is 5.91 Å². The number of pyridine rings is 1. The highest BCUT2D eigenvalue weighted by molar-refractivity contribution is 8.26. The summed E-state index contributed by atoms with van der Waals surface area (Å²) in [7, 11) is 0. The van der Waals surface area contributed by atoms with Crippen molar-refractivity contribution >= 4 is 63.6 Å². The lowest BCUT2D eigenvalue weighted by Gasteiger charge is -2.36. The van der Waals surface area contributed by atoms with E-state index in [2.05, 4.69) is 12.2 Å². The van der Waals surface area contributed by atoms with Gasteiger partial charge in [-0.25, -0.2) is 4.98 Å². The Labute approximate surface area is 224 Å². The Morgan fingerprint density at radius 3 is 2.84 bits per heavy atom. The summed E-state index contributed by atoms with van der Waals surface area (Å²) >= 11 is 6.59. The van der Waals surface area contributed by atoms with Crippen molar-refractivity contribution in [2.24, 2.45) is 0 Å². The van der Waals surface area contributed by atoms with Crippen LogP contribution < -0.4 is 15.8 Å². The van der Waals surface area contributed by atoms with Gasteiger partial charge < -0.3 is 15.0 Å². The van der Waals surface area contributed by atoms with E-state index in [0.717, 1.165) is 31.0 Å². The van der Waals surface area contributed by atoms with Gasteiger partial charge in [0.05, 0.1) is 23.5 Å². The number of piperazine rings is 1. The Morgan fingerprint density at radius 2 is 2.08 bits per heavy atom. The number of rotatable bonds is 9. The average Bonchev–Trinajstić information content (AvgIpc) is 3.14. The molecule has 2 fully saturated rings. The van der Waals surface area contributed by atoms with E-state index in [-0.39, 0.29) is 36.2 Å². The lowest BCUT2D eigenvalue weighted by molar-refractivity contribution is -0.145. The summed E-state index contributed by atoms with van der Waals surface area (Å²) in [6.07, 6.45) is 5.74. The van der Waals surface area contributed by atoms with Crippen LogP contribution in [0.4, 0.5) is 5.82 Å². The molecule has 10 nitrogen and oxygen atoms in total. The van der Waals surface area contributed by atoms with Crippen LogP contribution >= 0.6 is 24.0 Å². The summed E-state index contributed by atoms with van der Waals surface area (Å²) in [6, 6.07) is 4.24. The van der Waals surface area contributed by atoms with Gasteiger partial charge in [0.1, 0.15) is 21.8 Å². The maximum atomic E-state index is 13.7. The van der Waals surface area contributed by atoms with Crippen molar-refractivity contribution in [3.05, 3.63) is 45.2 Å². The van der Waals surface area contributed by atoms with E-state index in [1.54, 1.807) is 41.1 Å². The Bertz CT molecular complexity index is 1320. The molecule has 196 valence electrons. The van der Waals surface area contributed by atoms with Crippen molar-refractivity contribution in [2.75, 3.05) is 31.1 Å². The number of nitrogens with one attached hydrogen (secondary N) is 1. The maximum Gasteiger partial charge on any atom is 0.308 e. The van der Waals surface area contributed by atoms with Gasteiger partial charge in [-0.3, -0.25) is 28.5 Å². The number of anilines is 1. The molecular formula is C25H29N5O5S2. The summed E-state index contributed by atoms with van der Waals surface area (Å²) in [5.74, 6) is -0.908. The molecule has 0 saturated carbocycles. The minimum atomic E-state index is -0.915. The minimum absolute atomic E-state index is 0.154. The van der Waals surface area contributed by atoms with E-state index >= 15 is 0 Å². The molecule has 1 N–H and O–H groups in total. The molecule has 2 aliphatic heterocycles. The van der Waals surface area contributed by atoms with E-state index in [0.29, 0.717) is 34.5 Å². The van der Waals surface area contributed by atoms with Gasteiger partial charge in [0, 0.05) is 25.8 Å². The molecule has 4 rings (SSSR count). The first-order valence-corrected chi connectivity index (χ1v) is 13.5. The molecule has 0 radical (unpaired) electrons. The van der Waals surface area contributed by atoms with Crippen LogP contribution in [0, 0.1) is 0 Å². The molecule has 2 aromatic rings. The number of ether oxygens (including phenoxy) is 1. The molecular weight excluding hydrogens is 514 g/mol. The highest BCUT2D eigenvalue weighted by Crippen LogP contribution is 2.34. The number of thioether (sulfide) groups is 1. The van der Waals surface area contributed by atoms with Crippen LogP contribution in [-0.2, 0) is 19.1 Å². The van der Waals surface area contributed by atoms with E-state index in [1.807, 2.05) is 0 Å². The molecule has 0 spiro atoms. The second kappa shape index (κ2) is 11.9. The van der Waals surface area contributed by atoms with Crippen LogP contribution in [0.3, 0.4) is 0 Å². The highest BCUT2D eigenvalue weighted by atomic mass is 32.2. The van der Waals surface area contributed by atoms with Gasteiger partial charge in [-0.15, -0.1) is 0 Å². The number of thiocarbonyl (C=S) groups is 1. The number of aromatic nitrogens is 2. The first-order chi connectivity index (χ1) is 17.8. The fourth-order valence-electron chi connectivity index (χ4n) is 4.33. The number of esters is 1. The SMILES string of the molecule is CCCCCN1C(=O)C(=Cc2c(N3CCNC(=O)C3CC(=O)OCC)nc3ccccn3c2=O)SC1=S. The molecule has 2 amide bonds. The lowest BCUT2D eigenvalue weighted by Crippen LogP contribution is -2.57. The Hall–Kier alpha value is -3.25. The summed E-state index contributed by atoms with van der Waals surface area (Å²) in [5.41, 5.74) is 0.145. The van der Waals surface area contributed by atoms with Crippen LogP contribution in [0.2, 0.25) is 0 Å². The van der Waals surface area contributed by atoms with Crippen LogP contribution in [0.1, 0.15) is 45.1 Å². The summed E-state index contributed by atoms with van der Waals surface area (Å²) in [6.45, 7) is 5.12. The molecule has 0 aromatic carbocycles. The first kappa shape index (κ1) is 26.8. The third-order valence-corrected chi connectivity index (χ3v) is 7.53. The molecule has 2 aromatic heterocycles. The predicted molar refractivity (Wildman–Crippen MR) is 146 cm³/mol. The van der Waals surface area contributed by atoms with Gasteiger partial charge in [-0.05, 0) is 31.6 Å². The summed E-state index contributed by atoms with van der Waals surface area (Å²) in [5, 5.41) is 2.77. The molecule has 1 unspecified atom stereocenters. The monoisotopic (exact) mass is 543 g/mol. The number of nitrogens with zero attached hydrogens (tertiary/aromatic N) is 4. The van der Waals surface area contributed by atoms with Crippen LogP contribution in [-0.4, -0.2) is 68.7 Å².